The zero-order valence-corrected chi connectivity index (χ0v) is 12.7. The third kappa shape index (κ3) is 11.0. The van der Waals surface area contributed by atoms with Gasteiger partial charge in [-0.05, 0) is 25.7 Å². The highest BCUT2D eigenvalue weighted by atomic mass is 16.1. The molecule has 0 atom stereocenters. The Morgan fingerprint density at radius 1 is 0.526 bits per heavy atom. The maximum atomic E-state index is 11.6. The lowest BCUT2D eigenvalue weighted by Gasteiger charge is -2.03. The third-order valence-corrected chi connectivity index (χ3v) is 4.08. The van der Waals surface area contributed by atoms with Crippen molar-refractivity contribution in [3.8, 4) is 0 Å². The lowest BCUT2D eigenvalue weighted by atomic mass is 10.0. The second-order valence-corrected chi connectivity index (χ2v) is 5.98. The van der Waals surface area contributed by atoms with Crippen LogP contribution in [0, 0.1) is 0 Å². The Bertz CT molecular complexity index is 242. The first-order valence-electron chi connectivity index (χ1n) is 8.56. The molecule has 0 radical (unpaired) electrons. The Balaban J connectivity index is 2.17. The molecule has 19 heavy (non-hydrogen) atoms. The van der Waals surface area contributed by atoms with E-state index in [0.29, 0.717) is 5.78 Å². The summed E-state index contributed by atoms with van der Waals surface area (Å²) in [6, 6.07) is 0. The van der Waals surface area contributed by atoms with Crippen molar-refractivity contribution in [2.45, 2.75) is 96.3 Å². The van der Waals surface area contributed by atoms with Crippen molar-refractivity contribution in [3.05, 3.63) is 12.2 Å². The van der Waals surface area contributed by atoms with Gasteiger partial charge < -0.3 is 0 Å². The van der Waals surface area contributed by atoms with Gasteiger partial charge in [-0.2, -0.15) is 0 Å². The Morgan fingerprint density at radius 3 is 1.63 bits per heavy atom. The molecule has 0 unspecified atom stereocenters. The van der Waals surface area contributed by atoms with Crippen LogP contribution in [-0.4, -0.2) is 5.78 Å². The predicted molar refractivity (Wildman–Crippen MR) is 83.4 cm³/mol. The summed E-state index contributed by atoms with van der Waals surface area (Å²) in [6.45, 7) is 0. The SMILES string of the molecule is O=C1CC/C=C\CCCCCCCCCCCCC1. The molecule has 0 N–H and O–H groups in total. The monoisotopic (exact) mass is 264 g/mol. The first kappa shape index (κ1) is 16.5. The lowest BCUT2D eigenvalue weighted by molar-refractivity contribution is -0.119. The summed E-state index contributed by atoms with van der Waals surface area (Å²) in [4.78, 5) is 11.6. The van der Waals surface area contributed by atoms with Crippen molar-refractivity contribution >= 4 is 5.78 Å². The van der Waals surface area contributed by atoms with E-state index in [1.165, 1.54) is 70.6 Å². The molecule has 0 fully saturated rings. The van der Waals surface area contributed by atoms with Crippen molar-refractivity contribution < 1.29 is 4.79 Å². The molecule has 0 saturated heterocycles. The molecule has 1 nitrogen and oxygen atoms in total. The largest absolute Gasteiger partial charge is 0.300 e. The van der Waals surface area contributed by atoms with E-state index in [1.807, 2.05) is 0 Å². The van der Waals surface area contributed by atoms with Gasteiger partial charge in [-0.3, -0.25) is 4.79 Å². The van der Waals surface area contributed by atoms with Gasteiger partial charge in [-0.1, -0.05) is 69.9 Å². The van der Waals surface area contributed by atoms with Crippen LogP contribution in [0.2, 0.25) is 0 Å². The zero-order valence-electron chi connectivity index (χ0n) is 12.7. The van der Waals surface area contributed by atoms with Gasteiger partial charge in [-0.25, -0.2) is 0 Å². The van der Waals surface area contributed by atoms with Crippen LogP contribution in [-0.2, 0) is 4.79 Å². The molecular weight excluding hydrogens is 232 g/mol. The number of ketones is 1. The van der Waals surface area contributed by atoms with Crippen LogP contribution in [0.15, 0.2) is 12.2 Å². The standard InChI is InChI=1S/C18H32O/c19-18-16-14-12-10-8-6-4-2-1-3-5-7-9-11-13-15-17-18/h10,12H,1-9,11,13-17H2/b12-10-. The second-order valence-electron chi connectivity index (χ2n) is 5.98. The van der Waals surface area contributed by atoms with E-state index in [1.54, 1.807) is 0 Å². The van der Waals surface area contributed by atoms with Gasteiger partial charge in [0.2, 0.25) is 0 Å². The molecule has 0 aliphatic heterocycles. The fraction of sp³-hybridized carbons (Fsp3) is 0.833. The number of allylic oxidation sites excluding steroid dienone is 2. The summed E-state index contributed by atoms with van der Waals surface area (Å²) in [6.07, 6.45) is 23.1. The number of hydrogen-bond donors (Lipinski definition) is 0. The lowest BCUT2D eigenvalue weighted by Crippen LogP contribution is -1.96. The van der Waals surface area contributed by atoms with Gasteiger partial charge in [0.25, 0.3) is 0 Å². The van der Waals surface area contributed by atoms with Gasteiger partial charge in [0.05, 0.1) is 0 Å². The van der Waals surface area contributed by atoms with Crippen LogP contribution in [0.25, 0.3) is 0 Å². The first-order chi connectivity index (χ1) is 9.39. The molecule has 0 bridgehead atoms. The van der Waals surface area contributed by atoms with Gasteiger partial charge in [0.15, 0.2) is 0 Å². The number of rotatable bonds is 0. The highest BCUT2D eigenvalue weighted by Gasteiger charge is 2.00. The second kappa shape index (κ2) is 12.4. The highest BCUT2D eigenvalue weighted by molar-refractivity contribution is 5.78. The molecule has 0 aromatic carbocycles. The molecule has 0 heterocycles. The first-order valence-corrected chi connectivity index (χ1v) is 8.56. The molecule has 1 aliphatic carbocycles. The van der Waals surface area contributed by atoms with Gasteiger partial charge in [0, 0.05) is 12.8 Å². The molecular formula is C18H32O. The molecule has 0 amide bonds. The average molecular weight is 264 g/mol. The fourth-order valence-electron chi connectivity index (χ4n) is 2.78. The summed E-state index contributed by atoms with van der Waals surface area (Å²) in [5.74, 6) is 0.464. The van der Waals surface area contributed by atoms with E-state index in [-0.39, 0.29) is 0 Å². The minimum absolute atomic E-state index is 0.464. The van der Waals surface area contributed by atoms with E-state index >= 15 is 0 Å². The molecule has 1 rings (SSSR count). The molecule has 1 aliphatic rings. The fourth-order valence-corrected chi connectivity index (χ4v) is 2.78. The zero-order chi connectivity index (χ0) is 13.6. The van der Waals surface area contributed by atoms with Crippen molar-refractivity contribution in [2.75, 3.05) is 0 Å². The maximum absolute atomic E-state index is 11.6. The van der Waals surface area contributed by atoms with Crippen molar-refractivity contribution in [1.82, 2.24) is 0 Å². The Kier molecular flexibility index (Phi) is 10.8. The Morgan fingerprint density at radius 2 is 1.00 bits per heavy atom. The molecule has 0 aromatic rings. The summed E-state index contributed by atoms with van der Waals surface area (Å²) in [5, 5.41) is 0. The quantitative estimate of drug-likeness (QED) is 0.492. The molecule has 0 spiro atoms. The molecule has 0 saturated carbocycles. The number of carbonyl (C=O) groups is 1. The molecule has 1 heteroatoms. The highest BCUT2D eigenvalue weighted by Crippen LogP contribution is 2.13. The Labute approximate surface area is 119 Å². The molecule has 110 valence electrons. The van der Waals surface area contributed by atoms with E-state index in [9.17, 15) is 4.79 Å². The summed E-state index contributed by atoms with van der Waals surface area (Å²) < 4.78 is 0. The number of carbonyl (C=O) groups excluding carboxylic acids is 1. The van der Waals surface area contributed by atoms with E-state index < -0.39 is 0 Å². The maximum Gasteiger partial charge on any atom is 0.133 e. The smallest absolute Gasteiger partial charge is 0.133 e. The number of Topliss-reactive ketones (excluding diaryl/α,β-unsaturated/α-hetero) is 1. The van der Waals surface area contributed by atoms with Crippen molar-refractivity contribution in [3.63, 3.8) is 0 Å². The molecule has 0 aromatic heterocycles. The summed E-state index contributed by atoms with van der Waals surface area (Å²) >= 11 is 0. The van der Waals surface area contributed by atoms with E-state index in [2.05, 4.69) is 12.2 Å². The van der Waals surface area contributed by atoms with Crippen LogP contribution in [0.3, 0.4) is 0 Å². The summed E-state index contributed by atoms with van der Waals surface area (Å²) in [7, 11) is 0. The van der Waals surface area contributed by atoms with Crippen LogP contribution in [0.5, 0.6) is 0 Å². The van der Waals surface area contributed by atoms with Crippen molar-refractivity contribution in [2.24, 2.45) is 0 Å². The van der Waals surface area contributed by atoms with Gasteiger partial charge in [-0.15, -0.1) is 0 Å². The van der Waals surface area contributed by atoms with Crippen LogP contribution in [0.1, 0.15) is 96.3 Å². The van der Waals surface area contributed by atoms with Crippen LogP contribution in [0.4, 0.5) is 0 Å². The van der Waals surface area contributed by atoms with E-state index in [4.69, 9.17) is 0 Å². The minimum Gasteiger partial charge on any atom is -0.300 e. The third-order valence-electron chi connectivity index (χ3n) is 4.08. The van der Waals surface area contributed by atoms with Crippen LogP contribution < -0.4 is 0 Å². The van der Waals surface area contributed by atoms with Gasteiger partial charge in [0.1, 0.15) is 5.78 Å². The van der Waals surface area contributed by atoms with E-state index in [0.717, 1.165) is 25.7 Å². The predicted octanol–water partition coefficient (Wildman–Crippen LogP) is 5.98. The minimum atomic E-state index is 0.464. The van der Waals surface area contributed by atoms with Crippen LogP contribution >= 0.6 is 0 Å². The van der Waals surface area contributed by atoms with Crippen molar-refractivity contribution in [1.29, 1.82) is 0 Å². The topological polar surface area (TPSA) is 17.1 Å². The Hall–Kier alpha value is -0.590. The van der Waals surface area contributed by atoms with Gasteiger partial charge >= 0.3 is 0 Å². The average Bonchev–Trinajstić information content (AvgIpc) is 2.41. The number of hydrogen-bond acceptors (Lipinski definition) is 1. The normalized spacial score (nSPS) is 24.3. The summed E-state index contributed by atoms with van der Waals surface area (Å²) in [5.41, 5.74) is 0.